The highest BCUT2D eigenvalue weighted by Crippen LogP contribution is 2.40. The summed E-state index contributed by atoms with van der Waals surface area (Å²) >= 11 is 0. The second kappa shape index (κ2) is 10.0. The third-order valence-corrected chi connectivity index (χ3v) is 7.58. The minimum absolute atomic E-state index is 0.170. The molecule has 200 valence electrons. The van der Waals surface area contributed by atoms with Crippen molar-refractivity contribution in [2.75, 3.05) is 13.1 Å². The zero-order valence-electron chi connectivity index (χ0n) is 23.3. The Labute approximate surface area is 221 Å². The molecule has 0 bridgehead atoms. The molecular formula is C31H42N2O4. The molecule has 0 radical (unpaired) electrons. The van der Waals surface area contributed by atoms with E-state index in [0.717, 1.165) is 59.3 Å². The van der Waals surface area contributed by atoms with Gasteiger partial charge in [0.25, 0.3) is 0 Å². The predicted molar refractivity (Wildman–Crippen MR) is 146 cm³/mol. The van der Waals surface area contributed by atoms with Crippen LogP contribution in [-0.4, -0.2) is 44.9 Å². The van der Waals surface area contributed by atoms with Crippen molar-refractivity contribution in [3.05, 3.63) is 57.6 Å². The molecule has 2 aromatic rings. The van der Waals surface area contributed by atoms with Crippen molar-refractivity contribution in [2.45, 2.75) is 97.6 Å². The molecule has 37 heavy (non-hydrogen) atoms. The van der Waals surface area contributed by atoms with E-state index >= 15 is 0 Å². The molecule has 2 aliphatic heterocycles. The Hall–Kier alpha value is -3.02. The molecule has 2 aliphatic rings. The van der Waals surface area contributed by atoms with Crippen molar-refractivity contribution in [3.63, 3.8) is 0 Å². The van der Waals surface area contributed by atoms with Crippen LogP contribution in [0.4, 0.5) is 0 Å². The van der Waals surface area contributed by atoms with Gasteiger partial charge in [-0.1, -0.05) is 41.5 Å². The summed E-state index contributed by atoms with van der Waals surface area (Å²) in [6.45, 7) is 15.0. The number of carbonyl (C=O) groups excluding carboxylic acids is 2. The van der Waals surface area contributed by atoms with E-state index in [1.807, 2.05) is 34.1 Å². The summed E-state index contributed by atoms with van der Waals surface area (Å²) in [5, 5.41) is 22.7. The Morgan fingerprint density at radius 3 is 1.35 bits per heavy atom. The minimum atomic E-state index is -0.291. The van der Waals surface area contributed by atoms with E-state index in [-0.39, 0.29) is 34.1 Å². The van der Waals surface area contributed by atoms with Crippen LogP contribution in [0.5, 0.6) is 11.5 Å². The zero-order valence-corrected chi connectivity index (χ0v) is 23.3. The Morgan fingerprint density at radius 2 is 1.05 bits per heavy atom. The molecule has 6 nitrogen and oxygen atoms in total. The summed E-state index contributed by atoms with van der Waals surface area (Å²) in [6, 6.07) is 7.98. The SMILES string of the molecule is CC(C)(C)c1cc(CN2CCCC2=O)cc(Cc2cc(CN3CCCC3=O)cc(C(C)(C)C)c2O)c1O. The van der Waals surface area contributed by atoms with Gasteiger partial charge in [-0.15, -0.1) is 0 Å². The molecule has 0 saturated carbocycles. The summed E-state index contributed by atoms with van der Waals surface area (Å²) in [7, 11) is 0. The Bertz CT molecular complexity index is 1110. The van der Waals surface area contributed by atoms with Gasteiger partial charge in [-0.25, -0.2) is 0 Å². The predicted octanol–water partition coefficient (Wildman–Crippen LogP) is 5.53. The van der Waals surface area contributed by atoms with E-state index in [4.69, 9.17) is 0 Å². The molecule has 2 aromatic carbocycles. The van der Waals surface area contributed by atoms with Crippen molar-refractivity contribution in [3.8, 4) is 11.5 Å². The summed E-state index contributed by atoms with van der Waals surface area (Å²) in [6.07, 6.45) is 3.30. The third-order valence-electron chi connectivity index (χ3n) is 7.58. The average Bonchev–Trinajstić information content (AvgIpc) is 3.38. The Kier molecular flexibility index (Phi) is 7.33. The van der Waals surface area contributed by atoms with Crippen LogP contribution < -0.4 is 0 Å². The van der Waals surface area contributed by atoms with Crippen LogP contribution in [-0.2, 0) is 39.9 Å². The van der Waals surface area contributed by atoms with Gasteiger partial charge in [0.2, 0.25) is 11.8 Å². The normalized spacial score (nSPS) is 16.8. The average molecular weight is 507 g/mol. The molecule has 0 aliphatic carbocycles. The van der Waals surface area contributed by atoms with Crippen LogP contribution in [0.2, 0.25) is 0 Å². The summed E-state index contributed by atoms with van der Waals surface area (Å²) in [5.41, 5.74) is 4.53. The van der Waals surface area contributed by atoms with E-state index in [1.165, 1.54) is 0 Å². The number of nitrogens with zero attached hydrogens (tertiary/aromatic N) is 2. The zero-order chi connectivity index (χ0) is 27.1. The fraction of sp³-hybridized carbons (Fsp3) is 0.548. The number of carbonyl (C=O) groups is 2. The fourth-order valence-electron chi connectivity index (χ4n) is 5.50. The molecule has 2 N–H and O–H groups in total. The number of rotatable bonds is 6. The van der Waals surface area contributed by atoms with Crippen LogP contribution in [0.1, 0.15) is 101 Å². The lowest BCUT2D eigenvalue weighted by atomic mass is 9.81. The van der Waals surface area contributed by atoms with Crippen LogP contribution >= 0.6 is 0 Å². The fourth-order valence-corrected chi connectivity index (χ4v) is 5.50. The number of benzene rings is 2. The van der Waals surface area contributed by atoms with Crippen molar-refractivity contribution in [1.82, 2.24) is 9.80 Å². The van der Waals surface area contributed by atoms with Crippen LogP contribution in [0.25, 0.3) is 0 Å². The van der Waals surface area contributed by atoms with Crippen molar-refractivity contribution < 1.29 is 19.8 Å². The van der Waals surface area contributed by atoms with Crippen LogP contribution in [0, 0.1) is 0 Å². The number of likely N-dealkylation sites (tertiary alicyclic amines) is 2. The van der Waals surface area contributed by atoms with Gasteiger partial charge in [-0.05, 0) is 81.3 Å². The van der Waals surface area contributed by atoms with Gasteiger partial charge in [-0.2, -0.15) is 0 Å². The van der Waals surface area contributed by atoms with E-state index < -0.39 is 0 Å². The molecule has 0 spiro atoms. The maximum absolute atomic E-state index is 12.3. The lowest BCUT2D eigenvalue weighted by molar-refractivity contribution is -0.129. The molecule has 6 heteroatoms. The number of hydrogen-bond donors (Lipinski definition) is 2. The van der Waals surface area contributed by atoms with E-state index in [2.05, 4.69) is 41.5 Å². The molecule has 0 aromatic heterocycles. The molecule has 0 atom stereocenters. The van der Waals surface area contributed by atoms with Crippen molar-refractivity contribution >= 4 is 11.8 Å². The van der Waals surface area contributed by atoms with E-state index in [0.29, 0.717) is 32.4 Å². The lowest BCUT2D eigenvalue weighted by Gasteiger charge is -2.26. The highest BCUT2D eigenvalue weighted by molar-refractivity contribution is 5.78. The number of phenols is 2. The lowest BCUT2D eigenvalue weighted by Crippen LogP contribution is -2.24. The summed E-state index contributed by atoms with van der Waals surface area (Å²) in [4.78, 5) is 28.4. The molecule has 0 unspecified atom stereocenters. The third kappa shape index (κ3) is 5.94. The van der Waals surface area contributed by atoms with Gasteiger partial charge < -0.3 is 20.0 Å². The Morgan fingerprint density at radius 1 is 0.676 bits per heavy atom. The van der Waals surface area contributed by atoms with Gasteiger partial charge in [0, 0.05) is 45.4 Å². The maximum Gasteiger partial charge on any atom is 0.222 e. The van der Waals surface area contributed by atoms with Crippen molar-refractivity contribution in [2.24, 2.45) is 0 Å². The molecule has 2 fully saturated rings. The second-order valence-electron chi connectivity index (χ2n) is 12.8. The summed E-state index contributed by atoms with van der Waals surface area (Å²) < 4.78 is 0. The van der Waals surface area contributed by atoms with Crippen LogP contribution in [0.15, 0.2) is 24.3 Å². The van der Waals surface area contributed by atoms with Gasteiger partial charge in [0.1, 0.15) is 11.5 Å². The van der Waals surface area contributed by atoms with Gasteiger partial charge in [-0.3, -0.25) is 9.59 Å². The smallest absolute Gasteiger partial charge is 0.222 e. The molecule has 2 heterocycles. The number of aromatic hydroxyl groups is 2. The molecular weight excluding hydrogens is 464 g/mol. The molecule has 2 saturated heterocycles. The van der Waals surface area contributed by atoms with Crippen LogP contribution in [0.3, 0.4) is 0 Å². The number of phenolic OH excluding ortho intramolecular Hbond substituents is 2. The van der Waals surface area contributed by atoms with Crippen molar-refractivity contribution in [1.29, 1.82) is 0 Å². The largest absolute Gasteiger partial charge is 0.507 e. The standard InChI is InChI=1S/C31H42N2O4/c1-30(2,3)24-15-20(18-32-11-7-9-26(32)34)13-22(28(24)36)17-23-14-21(19-33-12-8-10-27(33)35)16-25(29(23)37)31(4,5)6/h13-16,36-37H,7-12,17-19H2,1-6H3. The maximum atomic E-state index is 12.3. The highest BCUT2D eigenvalue weighted by atomic mass is 16.3. The quantitative estimate of drug-likeness (QED) is 0.540. The van der Waals surface area contributed by atoms with Gasteiger partial charge in [0.05, 0.1) is 0 Å². The number of amides is 2. The first kappa shape index (κ1) is 27.0. The molecule has 4 rings (SSSR count). The second-order valence-corrected chi connectivity index (χ2v) is 12.8. The van der Waals surface area contributed by atoms with E-state index in [9.17, 15) is 19.8 Å². The first-order valence-corrected chi connectivity index (χ1v) is 13.5. The molecule has 2 amide bonds. The highest BCUT2D eigenvalue weighted by Gasteiger charge is 2.27. The summed E-state index contributed by atoms with van der Waals surface area (Å²) in [5.74, 6) is 0.814. The Balaban J connectivity index is 1.76. The first-order valence-electron chi connectivity index (χ1n) is 13.5. The monoisotopic (exact) mass is 506 g/mol. The topological polar surface area (TPSA) is 81.1 Å². The van der Waals surface area contributed by atoms with Gasteiger partial charge in [0.15, 0.2) is 0 Å². The minimum Gasteiger partial charge on any atom is -0.507 e. The van der Waals surface area contributed by atoms with Gasteiger partial charge >= 0.3 is 0 Å². The first-order chi connectivity index (χ1) is 17.2. The van der Waals surface area contributed by atoms with E-state index in [1.54, 1.807) is 0 Å². The number of hydrogen-bond acceptors (Lipinski definition) is 4.